The summed E-state index contributed by atoms with van der Waals surface area (Å²) in [5.74, 6) is -1.44. The van der Waals surface area contributed by atoms with Gasteiger partial charge in [0, 0.05) is 11.1 Å². The average molecular weight is 268 g/mol. The van der Waals surface area contributed by atoms with Crippen molar-refractivity contribution in [1.29, 1.82) is 0 Å². The van der Waals surface area contributed by atoms with Crippen LogP contribution < -0.4 is 0 Å². The fourth-order valence-electron chi connectivity index (χ4n) is 1.80. The molecule has 2 aromatic rings. The number of esters is 1. The van der Waals surface area contributed by atoms with Gasteiger partial charge in [0.05, 0.1) is 0 Å². The van der Waals surface area contributed by atoms with E-state index in [1.54, 1.807) is 60.7 Å². The fraction of sp³-hybridized carbons (Fsp3) is 0.0625. The van der Waals surface area contributed by atoms with E-state index in [2.05, 4.69) is 0 Å². The van der Waals surface area contributed by atoms with E-state index >= 15 is 0 Å². The number of carbonyl (C=O) groups excluding carboxylic acids is 3. The summed E-state index contributed by atoms with van der Waals surface area (Å²) in [7, 11) is 0. The molecule has 2 aromatic carbocycles. The molecule has 0 saturated carbocycles. The zero-order valence-corrected chi connectivity index (χ0v) is 10.6. The molecule has 100 valence electrons. The van der Waals surface area contributed by atoms with Crippen molar-refractivity contribution in [2.75, 3.05) is 0 Å². The number of Topliss-reactive ketones (excluding diaryl/α,β-unsaturated/α-hetero) is 1. The summed E-state index contributed by atoms with van der Waals surface area (Å²) in [6.45, 7) is 0. The monoisotopic (exact) mass is 268 g/mol. The zero-order valence-electron chi connectivity index (χ0n) is 10.6. The maximum Gasteiger partial charge on any atom is 0.372 e. The number of ketones is 1. The number of aldehydes is 1. The molecule has 20 heavy (non-hydrogen) atoms. The predicted octanol–water partition coefficient (Wildman–Crippen LogP) is 2.35. The Labute approximate surface area is 116 Å². The summed E-state index contributed by atoms with van der Waals surface area (Å²) in [4.78, 5) is 34.0. The van der Waals surface area contributed by atoms with Gasteiger partial charge in [-0.3, -0.25) is 9.59 Å². The third-order valence-corrected chi connectivity index (χ3v) is 2.73. The molecule has 0 radical (unpaired) electrons. The molecule has 0 aromatic heterocycles. The van der Waals surface area contributed by atoms with E-state index in [4.69, 9.17) is 4.74 Å². The van der Waals surface area contributed by atoms with Crippen molar-refractivity contribution in [3.8, 4) is 0 Å². The molecule has 4 heteroatoms. The Hall–Kier alpha value is -2.75. The minimum Gasteiger partial charge on any atom is -0.443 e. The molecule has 0 amide bonds. The summed E-state index contributed by atoms with van der Waals surface area (Å²) in [6.07, 6.45) is -1.06. The molecule has 2 rings (SSSR count). The molecular weight excluding hydrogens is 256 g/mol. The topological polar surface area (TPSA) is 60.4 Å². The maximum atomic E-state index is 12.4. The summed E-state index contributed by atoms with van der Waals surface area (Å²) >= 11 is 0. The van der Waals surface area contributed by atoms with Gasteiger partial charge in [-0.1, -0.05) is 60.7 Å². The van der Waals surface area contributed by atoms with E-state index in [9.17, 15) is 14.4 Å². The van der Waals surface area contributed by atoms with Crippen LogP contribution in [-0.2, 0) is 14.3 Å². The Morgan fingerprint density at radius 3 is 2.00 bits per heavy atom. The maximum absolute atomic E-state index is 12.4. The first kappa shape index (κ1) is 13.7. The van der Waals surface area contributed by atoms with Crippen LogP contribution in [0.1, 0.15) is 22.0 Å². The van der Waals surface area contributed by atoms with E-state index in [-0.39, 0.29) is 12.1 Å². The lowest BCUT2D eigenvalue weighted by molar-refractivity contribution is -0.151. The van der Waals surface area contributed by atoms with E-state index in [1.165, 1.54) is 0 Å². The van der Waals surface area contributed by atoms with Crippen molar-refractivity contribution >= 4 is 18.0 Å². The quantitative estimate of drug-likeness (QED) is 0.361. The highest BCUT2D eigenvalue weighted by molar-refractivity contribution is 6.21. The number of rotatable bonds is 5. The Bertz CT molecular complexity index is 605. The van der Waals surface area contributed by atoms with Crippen molar-refractivity contribution in [3.05, 3.63) is 71.8 Å². The molecule has 0 saturated heterocycles. The summed E-state index contributed by atoms with van der Waals surface area (Å²) < 4.78 is 4.95. The second-order valence-electron chi connectivity index (χ2n) is 4.08. The first-order chi connectivity index (χ1) is 9.72. The minimum absolute atomic E-state index is 0.0498. The van der Waals surface area contributed by atoms with Crippen molar-refractivity contribution in [2.45, 2.75) is 6.10 Å². The van der Waals surface area contributed by atoms with Crippen LogP contribution in [0.3, 0.4) is 0 Å². The highest BCUT2D eigenvalue weighted by Crippen LogP contribution is 2.22. The highest BCUT2D eigenvalue weighted by Gasteiger charge is 2.25. The van der Waals surface area contributed by atoms with Gasteiger partial charge in [-0.05, 0) is 0 Å². The van der Waals surface area contributed by atoms with E-state index in [1.807, 2.05) is 0 Å². The molecule has 0 aliphatic heterocycles. The van der Waals surface area contributed by atoms with Crippen LogP contribution in [-0.4, -0.2) is 18.0 Å². The lowest BCUT2D eigenvalue weighted by Gasteiger charge is -2.15. The van der Waals surface area contributed by atoms with Crippen LogP contribution in [0.5, 0.6) is 0 Å². The smallest absolute Gasteiger partial charge is 0.372 e. The van der Waals surface area contributed by atoms with Crippen molar-refractivity contribution in [1.82, 2.24) is 0 Å². The third kappa shape index (κ3) is 3.17. The van der Waals surface area contributed by atoms with Crippen LogP contribution in [0, 0.1) is 0 Å². The summed E-state index contributed by atoms with van der Waals surface area (Å²) in [5.41, 5.74) is 0.941. The first-order valence-corrected chi connectivity index (χ1v) is 6.02. The number of benzene rings is 2. The van der Waals surface area contributed by atoms with Gasteiger partial charge in [0.15, 0.2) is 6.10 Å². The van der Waals surface area contributed by atoms with Crippen LogP contribution in [0.25, 0.3) is 0 Å². The molecule has 1 unspecified atom stereocenters. The van der Waals surface area contributed by atoms with Gasteiger partial charge in [-0.2, -0.15) is 0 Å². The molecule has 4 nitrogen and oxygen atoms in total. The molecule has 0 bridgehead atoms. The van der Waals surface area contributed by atoms with Crippen LogP contribution in [0.2, 0.25) is 0 Å². The number of carbonyl (C=O) groups is 3. The molecular formula is C16H12O4. The largest absolute Gasteiger partial charge is 0.443 e. The molecule has 0 N–H and O–H groups in total. The Morgan fingerprint density at radius 2 is 1.45 bits per heavy atom. The molecule has 0 spiro atoms. The van der Waals surface area contributed by atoms with Gasteiger partial charge in [-0.15, -0.1) is 0 Å². The second-order valence-corrected chi connectivity index (χ2v) is 4.08. The Balaban J connectivity index is 2.34. The minimum atomic E-state index is -1.11. The third-order valence-electron chi connectivity index (χ3n) is 2.73. The molecule has 0 aliphatic rings. The standard InChI is InChI=1S/C16H12O4/c17-11-14(18)20-16(13-9-5-2-6-10-13)15(19)12-7-3-1-4-8-12/h1-11,16H. The average Bonchev–Trinajstić information content (AvgIpc) is 2.53. The van der Waals surface area contributed by atoms with Crippen LogP contribution >= 0.6 is 0 Å². The van der Waals surface area contributed by atoms with Gasteiger partial charge in [-0.25, -0.2) is 4.79 Å². The SMILES string of the molecule is O=CC(=O)OC(C(=O)c1ccccc1)c1ccccc1. The lowest BCUT2D eigenvalue weighted by Crippen LogP contribution is -2.20. The van der Waals surface area contributed by atoms with E-state index in [0.717, 1.165) is 0 Å². The van der Waals surface area contributed by atoms with Gasteiger partial charge in [0.25, 0.3) is 0 Å². The predicted molar refractivity (Wildman–Crippen MR) is 72.1 cm³/mol. The van der Waals surface area contributed by atoms with Crippen LogP contribution in [0.4, 0.5) is 0 Å². The van der Waals surface area contributed by atoms with Gasteiger partial charge >= 0.3 is 5.97 Å². The van der Waals surface area contributed by atoms with Crippen molar-refractivity contribution in [3.63, 3.8) is 0 Å². The Kier molecular flexibility index (Phi) is 4.39. The van der Waals surface area contributed by atoms with Crippen molar-refractivity contribution in [2.24, 2.45) is 0 Å². The van der Waals surface area contributed by atoms with Gasteiger partial charge in [0.2, 0.25) is 12.1 Å². The molecule has 0 aliphatic carbocycles. The normalized spacial score (nSPS) is 11.4. The summed E-state index contributed by atoms with van der Waals surface area (Å²) in [5, 5.41) is 0. The van der Waals surface area contributed by atoms with Crippen molar-refractivity contribution < 1.29 is 19.1 Å². The number of ether oxygens (including phenoxy) is 1. The number of hydrogen-bond donors (Lipinski definition) is 0. The zero-order chi connectivity index (χ0) is 14.4. The first-order valence-electron chi connectivity index (χ1n) is 6.02. The van der Waals surface area contributed by atoms with Gasteiger partial charge in [0.1, 0.15) is 0 Å². The molecule has 0 fully saturated rings. The summed E-state index contributed by atoms with van der Waals surface area (Å²) in [6, 6.07) is 17.1. The highest BCUT2D eigenvalue weighted by atomic mass is 16.5. The van der Waals surface area contributed by atoms with E-state index in [0.29, 0.717) is 11.1 Å². The molecule has 0 heterocycles. The van der Waals surface area contributed by atoms with Crippen LogP contribution in [0.15, 0.2) is 60.7 Å². The lowest BCUT2D eigenvalue weighted by atomic mass is 10.00. The fourth-order valence-corrected chi connectivity index (χ4v) is 1.80. The Morgan fingerprint density at radius 1 is 0.900 bits per heavy atom. The molecule has 1 atom stereocenters. The number of hydrogen-bond acceptors (Lipinski definition) is 4. The van der Waals surface area contributed by atoms with Gasteiger partial charge < -0.3 is 4.74 Å². The second kappa shape index (κ2) is 6.43. The van der Waals surface area contributed by atoms with E-state index < -0.39 is 12.1 Å².